The highest BCUT2D eigenvalue weighted by atomic mass is 79.9. The number of para-hydroxylation sites is 1. The zero-order chi connectivity index (χ0) is 11.5. The number of hydrogen-bond donors (Lipinski definition) is 1. The molecule has 0 saturated carbocycles. The first kappa shape index (κ1) is 12.0. The standard InChI is InChI=1S/C10H6Br3N3/c11-6-4-14-10(15-5-6)16-9-7(12)2-1-3-8(9)13/h1-5H,(H,14,15,16). The van der Waals surface area contributed by atoms with Gasteiger partial charge in [0.05, 0.1) is 10.2 Å². The van der Waals surface area contributed by atoms with Crippen LogP contribution in [0.5, 0.6) is 0 Å². The molecule has 2 rings (SSSR count). The van der Waals surface area contributed by atoms with Crippen LogP contribution in [-0.4, -0.2) is 9.97 Å². The Kier molecular flexibility index (Phi) is 3.94. The fraction of sp³-hybridized carbons (Fsp3) is 0. The monoisotopic (exact) mass is 405 g/mol. The van der Waals surface area contributed by atoms with Gasteiger partial charge in [-0.15, -0.1) is 0 Å². The molecule has 0 fully saturated rings. The van der Waals surface area contributed by atoms with Gasteiger partial charge in [-0.05, 0) is 59.9 Å². The Balaban J connectivity index is 2.30. The Bertz CT molecular complexity index is 479. The lowest BCUT2D eigenvalue weighted by Gasteiger charge is -2.08. The molecule has 1 N–H and O–H groups in total. The number of benzene rings is 1. The molecule has 0 bridgehead atoms. The zero-order valence-electron chi connectivity index (χ0n) is 7.92. The number of rotatable bonds is 2. The fourth-order valence-electron chi connectivity index (χ4n) is 1.11. The number of hydrogen-bond acceptors (Lipinski definition) is 3. The van der Waals surface area contributed by atoms with Crippen molar-refractivity contribution in [1.29, 1.82) is 0 Å². The third-order valence-electron chi connectivity index (χ3n) is 1.82. The van der Waals surface area contributed by atoms with Gasteiger partial charge in [0.25, 0.3) is 0 Å². The summed E-state index contributed by atoms with van der Waals surface area (Å²) in [6, 6.07) is 5.85. The smallest absolute Gasteiger partial charge is 0.227 e. The van der Waals surface area contributed by atoms with E-state index in [2.05, 4.69) is 63.1 Å². The molecule has 0 atom stereocenters. The van der Waals surface area contributed by atoms with Crippen molar-refractivity contribution in [1.82, 2.24) is 9.97 Å². The van der Waals surface area contributed by atoms with Crippen LogP contribution in [-0.2, 0) is 0 Å². The highest BCUT2D eigenvalue weighted by Gasteiger charge is 2.05. The molecule has 0 aliphatic carbocycles. The summed E-state index contributed by atoms with van der Waals surface area (Å²) in [5, 5.41) is 3.13. The largest absolute Gasteiger partial charge is 0.322 e. The highest BCUT2D eigenvalue weighted by molar-refractivity contribution is 9.11. The van der Waals surface area contributed by atoms with E-state index in [0.717, 1.165) is 19.1 Å². The normalized spacial score (nSPS) is 10.2. The number of aromatic nitrogens is 2. The maximum Gasteiger partial charge on any atom is 0.227 e. The summed E-state index contributed by atoms with van der Waals surface area (Å²) >= 11 is 10.2. The first-order valence-electron chi connectivity index (χ1n) is 4.35. The Hall–Kier alpha value is -0.460. The topological polar surface area (TPSA) is 37.8 Å². The van der Waals surface area contributed by atoms with Gasteiger partial charge in [0.15, 0.2) is 0 Å². The molecule has 0 spiro atoms. The number of nitrogens with one attached hydrogen (secondary N) is 1. The first-order valence-corrected chi connectivity index (χ1v) is 6.73. The Labute approximate surface area is 118 Å². The van der Waals surface area contributed by atoms with E-state index in [1.54, 1.807) is 12.4 Å². The highest BCUT2D eigenvalue weighted by Crippen LogP contribution is 2.32. The molecule has 0 radical (unpaired) electrons. The number of halogens is 3. The van der Waals surface area contributed by atoms with E-state index in [-0.39, 0.29) is 0 Å². The van der Waals surface area contributed by atoms with Crippen molar-refractivity contribution in [2.75, 3.05) is 5.32 Å². The van der Waals surface area contributed by atoms with E-state index in [4.69, 9.17) is 0 Å². The summed E-state index contributed by atoms with van der Waals surface area (Å²) in [6.07, 6.45) is 3.39. The molecule has 1 heterocycles. The van der Waals surface area contributed by atoms with Crippen LogP contribution >= 0.6 is 47.8 Å². The number of anilines is 2. The lowest BCUT2D eigenvalue weighted by Crippen LogP contribution is -1.97. The molecular formula is C10H6Br3N3. The molecule has 0 saturated heterocycles. The Morgan fingerprint density at radius 2 is 1.50 bits per heavy atom. The van der Waals surface area contributed by atoms with Crippen LogP contribution in [0.1, 0.15) is 0 Å². The predicted molar refractivity (Wildman–Crippen MR) is 74.9 cm³/mol. The van der Waals surface area contributed by atoms with Gasteiger partial charge in [-0.25, -0.2) is 9.97 Å². The van der Waals surface area contributed by atoms with Gasteiger partial charge in [-0.3, -0.25) is 0 Å². The molecule has 0 aliphatic rings. The first-order chi connectivity index (χ1) is 7.66. The zero-order valence-corrected chi connectivity index (χ0v) is 12.7. The van der Waals surface area contributed by atoms with Gasteiger partial charge < -0.3 is 5.32 Å². The van der Waals surface area contributed by atoms with Gasteiger partial charge in [0.1, 0.15) is 0 Å². The van der Waals surface area contributed by atoms with Crippen molar-refractivity contribution in [3.05, 3.63) is 44.0 Å². The maximum absolute atomic E-state index is 4.15. The van der Waals surface area contributed by atoms with Gasteiger partial charge in [-0.1, -0.05) is 6.07 Å². The van der Waals surface area contributed by atoms with E-state index < -0.39 is 0 Å². The van der Waals surface area contributed by atoms with Crippen LogP contribution in [0.2, 0.25) is 0 Å². The summed E-state index contributed by atoms with van der Waals surface area (Å²) < 4.78 is 2.76. The fourth-order valence-corrected chi connectivity index (χ4v) is 2.51. The van der Waals surface area contributed by atoms with Crippen LogP contribution in [0.4, 0.5) is 11.6 Å². The van der Waals surface area contributed by atoms with Gasteiger partial charge >= 0.3 is 0 Å². The average Bonchev–Trinajstić information content (AvgIpc) is 2.26. The molecule has 0 amide bonds. The molecular weight excluding hydrogens is 402 g/mol. The molecule has 3 nitrogen and oxygen atoms in total. The third-order valence-corrected chi connectivity index (χ3v) is 3.55. The molecule has 2 aromatic rings. The van der Waals surface area contributed by atoms with Gasteiger partial charge in [0, 0.05) is 21.3 Å². The molecule has 1 aromatic carbocycles. The summed E-state index contributed by atoms with van der Waals surface area (Å²) in [5.41, 5.74) is 0.907. The van der Waals surface area contributed by atoms with Crippen LogP contribution in [0.15, 0.2) is 44.0 Å². The lowest BCUT2D eigenvalue weighted by molar-refractivity contribution is 1.15. The van der Waals surface area contributed by atoms with E-state index in [1.807, 2.05) is 18.2 Å². The Morgan fingerprint density at radius 3 is 2.06 bits per heavy atom. The summed E-state index contributed by atoms with van der Waals surface area (Å²) in [7, 11) is 0. The van der Waals surface area contributed by atoms with Crippen LogP contribution < -0.4 is 5.32 Å². The van der Waals surface area contributed by atoms with Crippen LogP contribution in [0, 0.1) is 0 Å². The van der Waals surface area contributed by atoms with E-state index >= 15 is 0 Å². The summed E-state index contributed by atoms with van der Waals surface area (Å²) in [5.74, 6) is 0.552. The quantitative estimate of drug-likeness (QED) is 0.796. The summed E-state index contributed by atoms with van der Waals surface area (Å²) in [6.45, 7) is 0. The number of nitrogens with zero attached hydrogens (tertiary/aromatic N) is 2. The minimum absolute atomic E-state index is 0.552. The lowest BCUT2D eigenvalue weighted by atomic mass is 10.3. The van der Waals surface area contributed by atoms with E-state index in [1.165, 1.54) is 0 Å². The molecule has 6 heteroatoms. The van der Waals surface area contributed by atoms with E-state index in [9.17, 15) is 0 Å². The third kappa shape index (κ3) is 2.81. The molecule has 82 valence electrons. The van der Waals surface area contributed by atoms with Gasteiger partial charge in [-0.2, -0.15) is 0 Å². The molecule has 1 aromatic heterocycles. The van der Waals surface area contributed by atoms with Gasteiger partial charge in [0.2, 0.25) is 5.95 Å². The molecule has 0 aliphatic heterocycles. The van der Waals surface area contributed by atoms with Crippen molar-refractivity contribution >= 4 is 59.4 Å². The van der Waals surface area contributed by atoms with Crippen LogP contribution in [0.25, 0.3) is 0 Å². The molecule has 0 unspecified atom stereocenters. The maximum atomic E-state index is 4.15. The molecule has 16 heavy (non-hydrogen) atoms. The van der Waals surface area contributed by atoms with Crippen LogP contribution in [0.3, 0.4) is 0 Å². The second kappa shape index (κ2) is 5.25. The van der Waals surface area contributed by atoms with Crippen molar-refractivity contribution in [3.8, 4) is 0 Å². The van der Waals surface area contributed by atoms with Crippen molar-refractivity contribution in [2.45, 2.75) is 0 Å². The van der Waals surface area contributed by atoms with Crippen molar-refractivity contribution < 1.29 is 0 Å². The van der Waals surface area contributed by atoms with Crippen molar-refractivity contribution in [3.63, 3.8) is 0 Å². The average molecular weight is 408 g/mol. The Morgan fingerprint density at radius 1 is 0.938 bits per heavy atom. The SMILES string of the molecule is Brc1cnc(Nc2c(Br)cccc2Br)nc1. The second-order valence-electron chi connectivity index (χ2n) is 2.95. The van der Waals surface area contributed by atoms with Crippen molar-refractivity contribution in [2.24, 2.45) is 0 Å². The summed E-state index contributed by atoms with van der Waals surface area (Å²) in [4.78, 5) is 8.29. The van der Waals surface area contributed by atoms with E-state index in [0.29, 0.717) is 5.95 Å². The minimum atomic E-state index is 0.552. The predicted octanol–water partition coefficient (Wildman–Crippen LogP) is 4.51. The minimum Gasteiger partial charge on any atom is -0.322 e. The second-order valence-corrected chi connectivity index (χ2v) is 5.57.